The van der Waals surface area contributed by atoms with E-state index in [0.29, 0.717) is 0 Å². The van der Waals surface area contributed by atoms with E-state index in [4.69, 9.17) is 0 Å². The van der Waals surface area contributed by atoms with Gasteiger partial charge in [0.15, 0.2) is 0 Å². The number of rotatable bonds is 8. The molecule has 0 bridgehead atoms. The molecule has 2 N–H and O–H groups in total. The molecule has 154 valence electrons. The van der Waals surface area contributed by atoms with Crippen LogP contribution in [0.25, 0.3) is 0 Å². The zero-order chi connectivity index (χ0) is 21.6. The van der Waals surface area contributed by atoms with Crippen molar-refractivity contribution in [1.82, 2.24) is 4.90 Å². The van der Waals surface area contributed by atoms with Gasteiger partial charge in [-0.1, -0.05) is 25.1 Å². The SMILES string of the molecule is CCc1ccccc1NC(=O)CN(C)CC(=O)Nc1cc(C)c(C)cc1[N+](=O)[O-]. The van der Waals surface area contributed by atoms with E-state index >= 15 is 0 Å². The molecular weight excluding hydrogens is 372 g/mol. The number of nitrogens with zero attached hydrogens (tertiary/aromatic N) is 2. The fraction of sp³-hybridized carbons (Fsp3) is 0.333. The van der Waals surface area contributed by atoms with E-state index in [2.05, 4.69) is 10.6 Å². The maximum absolute atomic E-state index is 12.3. The molecule has 2 aromatic rings. The lowest BCUT2D eigenvalue weighted by Crippen LogP contribution is -2.36. The van der Waals surface area contributed by atoms with E-state index in [1.54, 1.807) is 24.9 Å². The van der Waals surface area contributed by atoms with Crippen LogP contribution in [0.1, 0.15) is 23.6 Å². The Labute approximate surface area is 170 Å². The predicted octanol–water partition coefficient (Wildman–Crippen LogP) is 3.28. The van der Waals surface area contributed by atoms with Crippen LogP contribution in [0.5, 0.6) is 0 Å². The molecule has 2 aromatic carbocycles. The first-order valence-electron chi connectivity index (χ1n) is 9.33. The van der Waals surface area contributed by atoms with Crippen molar-refractivity contribution in [3.05, 3.63) is 63.2 Å². The van der Waals surface area contributed by atoms with E-state index in [1.807, 2.05) is 38.1 Å². The molecule has 0 aliphatic carbocycles. The van der Waals surface area contributed by atoms with Crippen LogP contribution in [0, 0.1) is 24.0 Å². The molecule has 0 saturated carbocycles. The fourth-order valence-corrected chi connectivity index (χ4v) is 2.93. The summed E-state index contributed by atoms with van der Waals surface area (Å²) in [6.07, 6.45) is 0.795. The minimum absolute atomic E-state index is 0.0144. The minimum Gasteiger partial charge on any atom is -0.325 e. The molecule has 8 nitrogen and oxygen atoms in total. The summed E-state index contributed by atoms with van der Waals surface area (Å²) in [4.78, 5) is 36.9. The number of benzene rings is 2. The Balaban J connectivity index is 1.96. The average Bonchev–Trinajstić information content (AvgIpc) is 2.64. The van der Waals surface area contributed by atoms with Crippen molar-refractivity contribution < 1.29 is 14.5 Å². The standard InChI is InChI=1S/C21H26N4O4/c1-5-16-8-6-7-9-17(16)22-20(26)12-24(4)13-21(27)23-18-10-14(2)15(3)11-19(18)25(28)29/h6-11H,5,12-13H2,1-4H3,(H,22,26)(H,23,27). The van der Waals surface area contributed by atoms with Crippen LogP contribution in [-0.4, -0.2) is 41.8 Å². The van der Waals surface area contributed by atoms with Crippen molar-refractivity contribution in [1.29, 1.82) is 0 Å². The number of nitro benzene ring substituents is 1. The number of amides is 2. The highest BCUT2D eigenvalue weighted by Crippen LogP contribution is 2.27. The highest BCUT2D eigenvalue weighted by molar-refractivity contribution is 5.96. The largest absolute Gasteiger partial charge is 0.325 e. The van der Waals surface area contributed by atoms with Gasteiger partial charge in [-0.2, -0.15) is 0 Å². The molecule has 2 amide bonds. The Morgan fingerprint density at radius 1 is 1.00 bits per heavy atom. The number of nitrogens with one attached hydrogen (secondary N) is 2. The minimum atomic E-state index is -0.523. The lowest BCUT2D eigenvalue weighted by atomic mass is 10.1. The van der Waals surface area contributed by atoms with Gasteiger partial charge in [-0.15, -0.1) is 0 Å². The quantitative estimate of drug-likeness (QED) is 0.524. The van der Waals surface area contributed by atoms with Gasteiger partial charge in [0.25, 0.3) is 5.69 Å². The summed E-state index contributed by atoms with van der Waals surface area (Å²) in [5.41, 5.74) is 3.40. The summed E-state index contributed by atoms with van der Waals surface area (Å²) in [6.45, 7) is 5.54. The molecule has 0 unspecified atom stereocenters. The van der Waals surface area contributed by atoms with Crippen LogP contribution < -0.4 is 10.6 Å². The van der Waals surface area contributed by atoms with Gasteiger partial charge < -0.3 is 10.6 Å². The molecule has 0 heterocycles. The van der Waals surface area contributed by atoms with E-state index in [-0.39, 0.29) is 30.4 Å². The van der Waals surface area contributed by atoms with Gasteiger partial charge >= 0.3 is 0 Å². The van der Waals surface area contributed by atoms with Gasteiger partial charge in [0.1, 0.15) is 5.69 Å². The maximum atomic E-state index is 12.3. The molecule has 29 heavy (non-hydrogen) atoms. The molecule has 0 radical (unpaired) electrons. The molecule has 8 heteroatoms. The maximum Gasteiger partial charge on any atom is 0.293 e. The number of aryl methyl sites for hydroxylation is 3. The number of likely N-dealkylation sites (N-methyl/N-ethyl adjacent to an activating group) is 1. The van der Waals surface area contributed by atoms with Gasteiger partial charge in [0.2, 0.25) is 11.8 Å². The summed E-state index contributed by atoms with van der Waals surface area (Å²) < 4.78 is 0. The number of nitro groups is 1. The van der Waals surface area contributed by atoms with Gasteiger partial charge in [0, 0.05) is 11.8 Å². The highest BCUT2D eigenvalue weighted by Gasteiger charge is 2.19. The van der Waals surface area contributed by atoms with Crippen molar-refractivity contribution in [2.45, 2.75) is 27.2 Å². The molecule has 0 aliphatic heterocycles. The second-order valence-electron chi connectivity index (χ2n) is 6.99. The number of carbonyl (C=O) groups is 2. The summed E-state index contributed by atoms with van der Waals surface area (Å²) in [6, 6.07) is 10.6. The first-order chi connectivity index (χ1) is 13.7. The second-order valence-corrected chi connectivity index (χ2v) is 6.99. The molecule has 0 fully saturated rings. The number of carbonyl (C=O) groups excluding carboxylic acids is 2. The normalized spacial score (nSPS) is 10.7. The monoisotopic (exact) mass is 398 g/mol. The van der Waals surface area contributed by atoms with Crippen molar-refractivity contribution >= 4 is 28.9 Å². The van der Waals surface area contributed by atoms with Crippen LogP contribution in [0.4, 0.5) is 17.1 Å². The van der Waals surface area contributed by atoms with Crippen molar-refractivity contribution in [3.8, 4) is 0 Å². The number of anilines is 2. The van der Waals surface area contributed by atoms with Crippen LogP contribution in [-0.2, 0) is 16.0 Å². The van der Waals surface area contributed by atoms with Crippen molar-refractivity contribution in [3.63, 3.8) is 0 Å². The van der Waals surface area contributed by atoms with E-state index < -0.39 is 10.8 Å². The predicted molar refractivity (Wildman–Crippen MR) is 113 cm³/mol. The topological polar surface area (TPSA) is 105 Å². The Bertz CT molecular complexity index is 927. The summed E-state index contributed by atoms with van der Waals surface area (Å²) in [7, 11) is 1.64. The molecule has 0 atom stereocenters. The summed E-state index contributed by atoms with van der Waals surface area (Å²) >= 11 is 0. The van der Waals surface area contributed by atoms with Crippen LogP contribution in [0.2, 0.25) is 0 Å². The Kier molecular flexibility index (Phi) is 7.44. The van der Waals surface area contributed by atoms with E-state index in [1.165, 1.54) is 6.07 Å². The van der Waals surface area contributed by atoms with Gasteiger partial charge in [0.05, 0.1) is 18.0 Å². The zero-order valence-corrected chi connectivity index (χ0v) is 17.1. The lowest BCUT2D eigenvalue weighted by Gasteiger charge is -2.17. The first-order valence-corrected chi connectivity index (χ1v) is 9.33. The first kappa shape index (κ1) is 22.0. The third-order valence-electron chi connectivity index (χ3n) is 4.58. The van der Waals surface area contributed by atoms with Crippen LogP contribution in [0.3, 0.4) is 0 Å². The molecule has 0 aromatic heterocycles. The molecule has 2 rings (SSSR count). The smallest absolute Gasteiger partial charge is 0.293 e. The van der Waals surface area contributed by atoms with Gasteiger partial charge in [-0.3, -0.25) is 24.6 Å². The number of hydrogen-bond donors (Lipinski definition) is 2. The average molecular weight is 398 g/mol. The molecule has 0 saturated heterocycles. The van der Waals surface area contributed by atoms with Crippen LogP contribution >= 0.6 is 0 Å². The van der Waals surface area contributed by atoms with Gasteiger partial charge in [-0.05, 0) is 56.1 Å². The third kappa shape index (κ3) is 6.11. The highest BCUT2D eigenvalue weighted by atomic mass is 16.6. The summed E-state index contributed by atoms with van der Waals surface area (Å²) in [5.74, 6) is -0.668. The Morgan fingerprint density at radius 3 is 2.14 bits per heavy atom. The van der Waals surface area contributed by atoms with E-state index in [9.17, 15) is 19.7 Å². The lowest BCUT2D eigenvalue weighted by molar-refractivity contribution is -0.384. The zero-order valence-electron chi connectivity index (χ0n) is 17.1. The second kappa shape index (κ2) is 9.79. The Morgan fingerprint density at radius 2 is 1.55 bits per heavy atom. The van der Waals surface area contributed by atoms with Gasteiger partial charge in [-0.25, -0.2) is 0 Å². The van der Waals surface area contributed by atoms with E-state index in [0.717, 1.165) is 28.8 Å². The third-order valence-corrected chi connectivity index (χ3v) is 4.58. The van der Waals surface area contributed by atoms with Crippen LogP contribution in [0.15, 0.2) is 36.4 Å². The van der Waals surface area contributed by atoms with Crippen molar-refractivity contribution in [2.75, 3.05) is 30.8 Å². The number of para-hydroxylation sites is 1. The molecule has 0 spiro atoms. The Hall–Kier alpha value is -3.26. The van der Waals surface area contributed by atoms with Crippen molar-refractivity contribution in [2.24, 2.45) is 0 Å². The molecule has 0 aliphatic rings. The number of hydrogen-bond acceptors (Lipinski definition) is 5. The fourth-order valence-electron chi connectivity index (χ4n) is 2.93. The molecular formula is C21H26N4O4. The summed E-state index contributed by atoms with van der Waals surface area (Å²) in [5, 5.41) is 16.7.